The van der Waals surface area contributed by atoms with Crippen molar-refractivity contribution in [2.75, 3.05) is 19.8 Å². The molecule has 1 unspecified atom stereocenters. The minimum Gasteiger partial charge on any atom is -0.481 e. The maximum Gasteiger partial charge on any atom is 0.328 e. The Hall–Kier alpha value is -2.41. The van der Waals surface area contributed by atoms with E-state index in [2.05, 4.69) is 11.9 Å². The molecule has 0 aliphatic heterocycles. The zero-order valence-electron chi connectivity index (χ0n) is 11.3. The van der Waals surface area contributed by atoms with Crippen LogP contribution in [0.2, 0.25) is 0 Å². The molecule has 0 fully saturated rings. The zero-order chi connectivity index (χ0) is 15.7. The molecule has 2 N–H and O–H groups in total. The van der Waals surface area contributed by atoms with Gasteiger partial charge < -0.3 is 19.9 Å². The first-order chi connectivity index (χ1) is 10.0. The van der Waals surface area contributed by atoms with E-state index in [1.807, 2.05) is 0 Å². The van der Waals surface area contributed by atoms with Gasteiger partial charge >= 0.3 is 5.97 Å². The smallest absolute Gasteiger partial charge is 0.328 e. The standard InChI is InChI=1S/C14H16FNO5/c1-2-7-20-8-11(14(18)19)16-13(17)9-21-12-6-4-3-5-10(12)15/h2-6,11H,1,7-9H2,(H,16,17)(H,18,19). The van der Waals surface area contributed by atoms with E-state index in [4.69, 9.17) is 14.6 Å². The van der Waals surface area contributed by atoms with Crippen molar-refractivity contribution in [2.24, 2.45) is 0 Å². The van der Waals surface area contributed by atoms with Crippen LogP contribution in [0.25, 0.3) is 0 Å². The molecule has 0 saturated heterocycles. The SMILES string of the molecule is C=CCOCC(NC(=O)COc1ccccc1F)C(=O)O. The monoisotopic (exact) mass is 297 g/mol. The van der Waals surface area contributed by atoms with E-state index in [1.165, 1.54) is 24.3 Å². The Labute approximate surface area is 121 Å². The van der Waals surface area contributed by atoms with Crippen molar-refractivity contribution in [3.63, 3.8) is 0 Å². The summed E-state index contributed by atoms with van der Waals surface area (Å²) in [5.41, 5.74) is 0. The fourth-order valence-corrected chi connectivity index (χ4v) is 1.39. The number of carboxylic acids is 1. The normalized spacial score (nSPS) is 11.5. The van der Waals surface area contributed by atoms with E-state index in [-0.39, 0.29) is 19.0 Å². The quantitative estimate of drug-likeness (QED) is 0.524. The van der Waals surface area contributed by atoms with Crippen LogP contribution in [-0.4, -0.2) is 42.8 Å². The first-order valence-electron chi connectivity index (χ1n) is 6.12. The summed E-state index contributed by atoms with van der Waals surface area (Å²) in [7, 11) is 0. The van der Waals surface area contributed by atoms with Crippen LogP contribution in [-0.2, 0) is 14.3 Å². The van der Waals surface area contributed by atoms with Gasteiger partial charge in [0.25, 0.3) is 5.91 Å². The van der Waals surface area contributed by atoms with E-state index < -0.39 is 30.3 Å². The Bertz CT molecular complexity index is 506. The molecule has 21 heavy (non-hydrogen) atoms. The van der Waals surface area contributed by atoms with Crippen molar-refractivity contribution in [2.45, 2.75) is 6.04 Å². The van der Waals surface area contributed by atoms with E-state index in [0.717, 1.165) is 0 Å². The van der Waals surface area contributed by atoms with E-state index >= 15 is 0 Å². The van der Waals surface area contributed by atoms with Crippen LogP contribution < -0.4 is 10.1 Å². The number of halogens is 1. The van der Waals surface area contributed by atoms with Gasteiger partial charge in [0.1, 0.15) is 0 Å². The Morgan fingerprint density at radius 3 is 2.76 bits per heavy atom. The molecule has 0 radical (unpaired) electrons. The number of rotatable bonds is 9. The Kier molecular flexibility index (Phi) is 6.90. The molecule has 0 aliphatic rings. The second-order valence-corrected chi connectivity index (χ2v) is 4.00. The molecule has 0 spiro atoms. The second kappa shape index (κ2) is 8.70. The third kappa shape index (κ3) is 6.05. The summed E-state index contributed by atoms with van der Waals surface area (Å²) in [6.07, 6.45) is 1.46. The largest absolute Gasteiger partial charge is 0.481 e. The summed E-state index contributed by atoms with van der Waals surface area (Å²) in [6.45, 7) is 2.90. The fraction of sp³-hybridized carbons (Fsp3) is 0.286. The van der Waals surface area contributed by atoms with Gasteiger partial charge in [0, 0.05) is 0 Å². The molecular weight excluding hydrogens is 281 g/mol. The van der Waals surface area contributed by atoms with Crippen LogP contribution in [0, 0.1) is 5.82 Å². The highest BCUT2D eigenvalue weighted by molar-refractivity contribution is 5.84. The highest BCUT2D eigenvalue weighted by atomic mass is 19.1. The lowest BCUT2D eigenvalue weighted by atomic mass is 10.3. The molecule has 1 aromatic rings. The number of nitrogens with one attached hydrogen (secondary N) is 1. The van der Waals surface area contributed by atoms with E-state index in [1.54, 1.807) is 6.07 Å². The molecule has 0 saturated carbocycles. The van der Waals surface area contributed by atoms with Gasteiger partial charge in [0.2, 0.25) is 0 Å². The predicted octanol–water partition coefficient (Wildman–Crippen LogP) is 0.976. The number of carbonyl (C=O) groups excluding carboxylic acids is 1. The number of amides is 1. The van der Waals surface area contributed by atoms with Gasteiger partial charge in [0.05, 0.1) is 13.2 Å². The van der Waals surface area contributed by atoms with Crippen molar-refractivity contribution < 1.29 is 28.6 Å². The number of benzene rings is 1. The van der Waals surface area contributed by atoms with Gasteiger partial charge in [-0.2, -0.15) is 0 Å². The van der Waals surface area contributed by atoms with Crippen molar-refractivity contribution in [3.8, 4) is 5.75 Å². The van der Waals surface area contributed by atoms with Gasteiger partial charge in [-0.3, -0.25) is 4.79 Å². The molecule has 0 aliphatic carbocycles. The van der Waals surface area contributed by atoms with Gasteiger partial charge in [-0.15, -0.1) is 6.58 Å². The molecule has 7 heteroatoms. The number of ether oxygens (including phenoxy) is 2. The van der Waals surface area contributed by atoms with Gasteiger partial charge in [-0.25, -0.2) is 9.18 Å². The molecule has 0 heterocycles. The van der Waals surface area contributed by atoms with E-state index in [0.29, 0.717) is 0 Å². The fourth-order valence-electron chi connectivity index (χ4n) is 1.39. The molecular formula is C14H16FNO5. The van der Waals surface area contributed by atoms with Crippen LogP contribution in [0.5, 0.6) is 5.75 Å². The lowest BCUT2D eigenvalue weighted by molar-refractivity contribution is -0.143. The highest BCUT2D eigenvalue weighted by Crippen LogP contribution is 2.14. The molecule has 6 nitrogen and oxygen atoms in total. The minimum absolute atomic E-state index is 0.0811. The summed E-state index contributed by atoms with van der Waals surface area (Å²) in [5.74, 6) is -2.61. The molecule has 1 amide bonds. The minimum atomic E-state index is -1.24. The number of aliphatic carboxylic acids is 1. The van der Waals surface area contributed by atoms with Crippen LogP contribution in [0.4, 0.5) is 4.39 Å². The third-order valence-corrected chi connectivity index (χ3v) is 2.35. The number of hydrogen-bond donors (Lipinski definition) is 2. The van der Waals surface area contributed by atoms with Gasteiger partial charge in [0.15, 0.2) is 24.2 Å². The topological polar surface area (TPSA) is 84.9 Å². The van der Waals surface area contributed by atoms with Crippen molar-refractivity contribution in [1.29, 1.82) is 0 Å². The number of carbonyl (C=O) groups is 2. The van der Waals surface area contributed by atoms with Crippen molar-refractivity contribution in [3.05, 3.63) is 42.7 Å². The Morgan fingerprint density at radius 1 is 1.43 bits per heavy atom. The number of hydrogen-bond acceptors (Lipinski definition) is 4. The number of carboxylic acid groups (broad SMARTS) is 1. The first kappa shape index (κ1) is 16.6. The van der Waals surface area contributed by atoms with E-state index in [9.17, 15) is 14.0 Å². The summed E-state index contributed by atoms with van der Waals surface area (Å²) in [5, 5.41) is 11.1. The maximum absolute atomic E-state index is 13.3. The van der Waals surface area contributed by atoms with Crippen molar-refractivity contribution >= 4 is 11.9 Å². The van der Waals surface area contributed by atoms with Crippen LogP contribution >= 0.6 is 0 Å². The Balaban J connectivity index is 2.45. The lowest BCUT2D eigenvalue weighted by Gasteiger charge is -2.14. The molecule has 1 rings (SSSR count). The second-order valence-electron chi connectivity index (χ2n) is 4.00. The van der Waals surface area contributed by atoms with Crippen molar-refractivity contribution in [1.82, 2.24) is 5.32 Å². The number of para-hydroxylation sites is 1. The molecule has 1 aromatic carbocycles. The van der Waals surface area contributed by atoms with Crippen LogP contribution in [0.3, 0.4) is 0 Å². The lowest BCUT2D eigenvalue weighted by Crippen LogP contribution is -2.45. The summed E-state index contributed by atoms with van der Waals surface area (Å²) in [4.78, 5) is 22.5. The summed E-state index contributed by atoms with van der Waals surface area (Å²) < 4.78 is 23.2. The zero-order valence-corrected chi connectivity index (χ0v) is 11.3. The highest BCUT2D eigenvalue weighted by Gasteiger charge is 2.20. The summed E-state index contributed by atoms with van der Waals surface area (Å²) in [6, 6.07) is 4.39. The van der Waals surface area contributed by atoms with Crippen LogP contribution in [0.1, 0.15) is 0 Å². The summed E-state index contributed by atoms with van der Waals surface area (Å²) >= 11 is 0. The average molecular weight is 297 g/mol. The third-order valence-electron chi connectivity index (χ3n) is 2.35. The van der Waals surface area contributed by atoms with Gasteiger partial charge in [-0.05, 0) is 12.1 Å². The molecule has 0 aromatic heterocycles. The average Bonchev–Trinajstić information content (AvgIpc) is 2.45. The molecule has 114 valence electrons. The maximum atomic E-state index is 13.3. The van der Waals surface area contributed by atoms with Crippen LogP contribution in [0.15, 0.2) is 36.9 Å². The molecule has 1 atom stereocenters. The Morgan fingerprint density at radius 2 is 2.14 bits per heavy atom. The molecule has 0 bridgehead atoms. The van der Waals surface area contributed by atoms with Gasteiger partial charge in [-0.1, -0.05) is 18.2 Å². The first-order valence-corrected chi connectivity index (χ1v) is 6.12. The predicted molar refractivity (Wildman–Crippen MR) is 72.5 cm³/mol.